The lowest BCUT2D eigenvalue weighted by Crippen LogP contribution is -2.37. The van der Waals surface area contributed by atoms with Gasteiger partial charge < -0.3 is 19.5 Å². The average Bonchev–Trinajstić information content (AvgIpc) is 2.79. The van der Waals surface area contributed by atoms with Gasteiger partial charge in [-0.25, -0.2) is 8.42 Å². The van der Waals surface area contributed by atoms with E-state index in [1.54, 1.807) is 67.6 Å². The second-order valence-corrected chi connectivity index (χ2v) is 9.46. The van der Waals surface area contributed by atoms with Crippen molar-refractivity contribution in [3.63, 3.8) is 0 Å². The summed E-state index contributed by atoms with van der Waals surface area (Å²) in [6.45, 7) is 1.65. The van der Waals surface area contributed by atoms with E-state index in [2.05, 4.69) is 5.32 Å². The van der Waals surface area contributed by atoms with Crippen LogP contribution in [0.1, 0.15) is 6.92 Å². The Labute approximate surface area is 204 Å². The van der Waals surface area contributed by atoms with Gasteiger partial charge in [-0.15, -0.1) is 0 Å². The molecule has 0 saturated carbocycles. The number of carbonyl (C=O) groups is 1. The molecule has 0 bridgehead atoms. The van der Waals surface area contributed by atoms with Crippen LogP contribution in [0, 0.1) is 0 Å². The highest BCUT2D eigenvalue weighted by atomic mass is 35.5. The molecule has 0 radical (unpaired) electrons. The third-order valence-electron chi connectivity index (χ3n) is 4.63. The Kier molecular flexibility index (Phi) is 8.25. The fourth-order valence-corrected chi connectivity index (χ4v) is 4.18. The third-order valence-corrected chi connectivity index (χ3v) is 5.99. The predicted molar refractivity (Wildman–Crippen MR) is 133 cm³/mol. The van der Waals surface area contributed by atoms with Gasteiger partial charge >= 0.3 is 0 Å². The summed E-state index contributed by atoms with van der Waals surface area (Å²) in [5.74, 6) is 1.01. The molecule has 3 aromatic carbocycles. The number of nitrogens with one attached hydrogen (secondary N) is 1. The minimum atomic E-state index is -3.80. The van der Waals surface area contributed by atoms with E-state index < -0.39 is 22.5 Å². The van der Waals surface area contributed by atoms with Crippen LogP contribution in [0.25, 0.3) is 0 Å². The molecule has 8 nitrogen and oxygen atoms in total. The van der Waals surface area contributed by atoms with E-state index in [0.717, 1.165) is 10.6 Å². The maximum absolute atomic E-state index is 13.0. The average molecular weight is 505 g/mol. The molecular weight excluding hydrogens is 480 g/mol. The van der Waals surface area contributed by atoms with Gasteiger partial charge in [0.2, 0.25) is 15.9 Å². The molecular formula is C24H25ClN2O6S. The zero-order chi connectivity index (χ0) is 24.7. The molecule has 0 saturated heterocycles. The van der Waals surface area contributed by atoms with Crippen molar-refractivity contribution in [1.82, 2.24) is 0 Å². The molecule has 10 heteroatoms. The van der Waals surface area contributed by atoms with Gasteiger partial charge in [0.15, 0.2) is 17.2 Å². The summed E-state index contributed by atoms with van der Waals surface area (Å²) in [4.78, 5) is 13.0. The summed E-state index contributed by atoms with van der Waals surface area (Å²) in [7, 11) is -2.28. The predicted octanol–water partition coefficient (Wildman–Crippen LogP) is 4.94. The first kappa shape index (κ1) is 25.2. The van der Waals surface area contributed by atoms with Crippen molar-refractivity contribution in [2.75, 3.05) is 36.1 Å². The van der Waals surface area contributed by atoms with Gasteiger partial charge in [0.05, 0.1) is 31.3 Å². The largest absolute Gasteiger partial charge is 0.493 e. The molecule has 0 aliphatic carbocycles. The van der Waals surface area contributed by atoms with Crippen LogP contribution in [0.15, 0.2) is 66.7 Å². The number of sulfonamides is 1. The van der Waals surface area contributed by atoms with Crippen molar-refractivity contribution in [3.8, 4) is 23.0 Å². The summed E-state index contributed by atoms with van der Waals surface area (Å²) in [6.07, 6.45) is 1.03. The quantitative estimate of drug-likeness (QED) is 0.420. The Bertz CT molecular complexity index is 1270. The first-order chi connectivity index (χ1) is 16.2. The van der Waals surface area contributed by atoms with E-state index in [0.29, 0.717) is 34.6 Å². The number of amides is 1. The molecule has 3 rings (SSSR count). The van der Waals surface area contributed by atoms with E-state index in [4.69, 9.17) is 25.8 Å². The Balaban J connectivity index is 1.88. The number of nitrogens with zero attached hydrogens (tertiary/aromatic N) is 1. The van der Waals surface area contributed by atoms with Crippen molar-refractivity contribution in [3.05, 3.63) is 71.8 Å². The summed E-state index contributed by atoms with van der Waals surface area (Å²) >= 11 is 6.14. The van der Waals surface area contributed by atoms with Crippen molar-refractivity contribution >= 4 is 38.9 Å². The highest BCUT2D eigenvalue weighted by Gasteiger charge is 2.24. The lowest BCUT2D eigenvalue weighted by Gasteiger charge is -2.24. The van der Waals surface area contributed by atoms with E-state index >= 15 is 0 Å². The zero-order valence-electron chi connectivity index (χ0n) is 18.9. The number of ether oxygens (including phenoxy) is 3. The van der Waals surface area contributed by atoms with Crippen molar-refractivity contribution in [2.45, 2.75) is 6.92 Å². The van der Waals surface area contributed by atoms with Crippen LogP contribution < -0.4 is 23.8 Å². The summed E-state index contributed by atoms with van der Waals surface area (Å²) in [5.41, 5.74) is 0.536. The number of hydrogen-bond donors (Lipinski definition) is 1. The monoisotopic (exact) mass is 504 g/mol. The van der Waals surface area contributed by atoms with Gasteiger partial charge in [-0.3, -0.25) is 9.10 Å². The standard InChI is InChI=1S/C24H25ClN2O6S/c1-4-32-21-10-6-5-9-19(21)27(34(3,29)30)16-24(28)26-18-15-17(25)13-14-20(18)33-23-12-8-7-11-22(23)31-2/h5-15H,4,16H2,1-3H3,(H,26,28). The van der Waals surface area contributed by atoms with Crippen LogP contribution in [-0.4, -0.2) is 40.8 Å². The number of carbonyl (C=O) groups excluding carboxylic acids is 1. The van der Waals surface area contributed by atoms with Gasteiger partial charge in [0.25, 0.3) is 0 Å². The van der Waals surface area contributed by atoms with E-state index in [-0.39, 0.29) is 11.4 Å². The number of anilines is 2. The minimum Gasteiger partial charge on any atom is -0.493 e. The molecule has 1 amide bonds. The maximum Gasteiger partial charge on any atom is 0.245 e. The van der Waals surface area contributed by atoms with E-state index in [1.807, 2.05) is 0 Å². The molecule has 0 aromatic heterocycles. The van der Waals surface area contributed by atoms with Crippen LogP contribution >= 0.6 is 11.6 Å². The van der Waals surface area contributed by atoms with Crippen molar-refractivity contribution in [2.24, 2.45) is 0 Å². The molecule has 0 aliphatic rings. The third kappa shape index (κ3) is 6.33. The zero-order valence-corrected chi connectivity index (χ0v) is 20.5. The van der Waals surface area contributed by atoms with Crippen LogP contribution in [-0.2, 0) is 14.8 Å². The van der Waals surface area contributed by atoms with Crippen LogP contribution in [0.5, 0.6) is 23.0 Å². The molecule has 0 fully saturated rings. The summed E-state index contributed by atoms with van der Waals surface area (Å²) in [5, 5.41) is 3.06. The van der Waals surface area contributed by atoms with Crippen molar-refractivity contribution in [1.29, 1.82) is 0 Å². The first-order valence-corrected chi connectivity index (χ1v) is 12.6. The number of hydrogen-bond acceptors (Lipinski definition) is 6. The van der Waals surface area contributed by atoms with Crippen LogP contribution in [0.2, 0.25) is 5.02 Å². The van der Waals surface area contributed by atoms with Crippen molar-refractivity contribution < 1.29 is 27.4 Å². The fraction of sp³-hybridized carbons (Fsp3) is 0.208. The molecule has 0 aliphatic heterocycles. The molecule has 0 spiro atoms. The Morgan fingerprint density at radius 3 is 2.26 bits per heavy atom. The lowest BCUT2D eigenvalue weighted by atomic mass is 10.2. The molecule has 1 N–H and O–H groups in total. The molecule has 3 aromatic rings. The molecule has 34 heavy (non-hydrogen) atoms. The van der Waals surface area contributed by atoms with E-state index in [9.17, 15) is 13.2 Å². The second kappa shape index (κ2) is 11.1. The number of methoxy groups -OCH3 is 1. The van der Waals surface area contributed by atoms with Crippen LogP contribution in [0.3, 0.4) is 0 Å². The van der Waals surface area contributed by atoms with E-state index in [1.165, 1.54) is 13.2 Å². The highest BCUT2D eigenvalue weighted by Crippen LogP contribution is 2.36. The highest BCUT2D eigenvalue weighted by molar-refractivity contribution is 7.92. The topological polar surface area (TPSA) is 94.2 Å². The number of para-hydroxylation sites is 4. The van der Waals surface area contributed by atoms with Gasteiger partial charge in [-0.05, 0) is 49.4 Å². The normalized spacial score (nSPS) is 10.9. The second-order valence-electron chi connectivity index (χ2n) is 7.11. The lowest BCUT2D eigenvalue weighted by molar-refractivity contribution is -0.114. The first-order valence-electron chi connectivity index (χ1n) is 10.3. The molecule has 0 heterocycles. The smallest absolute Gasteiger partial charge is 0.245 e. The number of rotatable bonds is 10. The number of halogens is 1. The Hall–Kier alpha value is -3.43. The summed E-state index contributed by atoms with van der Waals surface area (Å²) < 4.78 is 42.9. The van der Waals surface area contributed by atoms with Gasteiger partial charge in [-0.1, -0.05) is 35.9 Å². The van der Waals surface area contributed by atoms with Crippen LogP contribution in [0.4, 0.5) is 11.4 Å². The maximum atomic E-state index is 13.0. The Morgan fingerprint density at radius 2 is 1.62 bits per heavy atom. The Morgan fingerprint density at radius 1 is 0.971 bits per heavy atom. The fourth-order valence-electron chi connectivity index (χ4n) is 3.15. The van der Waals surface area contributed by atoms with Gasteiger partial charge in [0.1, 0.15) is 12.3 Å². The SMILES string of the molecule is CCOc1ccccc1N(CC(=O)Nc1cc(Cl)ccc1Oc1ccccc1OC)S(C)(=O)=O. The van der Waals surface area contributed by atoms with Gasteiger partial charge in [0, 0.05) is 5.02 Å². The molecule has 0 atom stereocenters. The number of benzene rings is 3. The summed E-state index contributed by atoms with van der Waals surface area (Å²) in [6, 6.07) is 18.4. The van der Waals surface area contributed by atoms with Gasteiger partial charge in [-0.2, -0.15) is 0 Å². The molecule has 0 unspecified atom stereocenters. The minimum absolute atomic E-state index is 0.263. The molecule has 180 valence electrons.